The van der Waals surface area contributed by atoms with E-state index in [0.29, 0.717) is 11.4 Å². The van der Waals surface area contributed by atoms with Crippen LogP contribution in [0.2, 0.25) is 5.02 Å². The normalized spacial score (nSPS) is 13.1. The highest BCUT2D eigenvalue weighted by Crippen LogP contribution is 2.16. The number of benzene rings is 2. The Hall–Kier alpha value is -0.880. The molecule has 0 aliphatic heterocycles. The Morgan fingerprint density at radius 1 is 1.10 bits per heavy atom. The molecule has 1 N–H and O–H groups in total. The molecule has 0 amide bonds. The Balaban J connectivity index is 2.05. The first kappa shape index (κ1) is 16.5. The number of nitrogens with one attached hydrogen (secondary N) is 1. The third-order valence-electron chi connectivity index (χ3n) is 2.94. The van der Waals surface area contributed by atoms with E-state index >= 15 is 0 Å². The number of rotatable bonds is 5. The van der Waals surface area contributed by atoms with E-state index in [-0.39, 0.29) is 10.9 Å². The van der Waals surface area contributed by atoms with Gasteiger partial charge in [-0.25, -0.2) is 13.1 Å². The summed E-state index contributed by atoms with van der Waals surface area (Å²) in [5, 5.41) is 0.668. The standard InChI is InChI=1S/C15H15BrClNO2S/c1-11(10-12-2-6-14(17)7-3-12)18-21(19,20)15-8-4-13(16)5-9-15/h2-9,11,18H,10H2,1H3. The van der Waals surface area contributed by atoms with Crippen molar-refractivity contribution in [2.24, 2.45) is 0 Å². The predicted octanol–water partition coefficient (Wildman–Crippen LogP) is 4.01. The fraction of sp³-hybridized carbons (Fsp3) is 0.200. The second-order valence-corrected chi connectivity index (χ2v) is 7.87. The summed E-state index contributed by atoms with van der Waals surface area (Å²) < 4.78 is 28.0. The molecule has 0 saturated carbocycles. The highest BCUT2D eigenvalue weighted by atomic mass is 79.9. The van der Waals surface area contributed by atoms with E-state index in [1.165, 1.54) is 0 Å². The van der Waals surface area contributed by atoms with Crippen LogP contribution in [-0.4, -0.2) is 14.5 Å². The summed E-state index contributed by atoms with van der Waals surface area (Å²) in [6.07, 6.45) is 0.604. The van der Waals surface area contributed by atoms with Crippen molar-refractivity contribution >= 4 is 37.6 Å². The van der Waals surface area contributed by atoms with Crippen molar-refractivity contribution in [3.05, 3.63) is 63.6 Å². The fourth-order valence-electron chi connectivity index (χ4n) is 1.96. The van der Waals surface area contributed by atoms with Crippen LogP contribution in [0.1, 0.15) is 12.5 Å². The molecule has 0 bridgehead atoms. The van der Waals surface area contributed by atoms with Crippen LogP contribution in [0.3, 0.4) is 0 Å². The molecule has 0 heterocycles. The van der Waals surface area contributed by atoms with Crippen LogP contribution in [0.5, 0.6) is 0 Å². The number of hydrogen-bond acceptors (Lipinski definition) is 2. The molecular formula is C15H15BrClNO2S. The van der Waals surface area contributed by atoms with E-state index in [2.05, 4.69) is 20.7 Å². The summed E-state index contributed by atoms with van der Waals surface area (Å²) in [5.74, 6) is 0. The number of sulfonamides is 1. The average Bonchev–Trinajstić information content (AvgIpc) is 2.41. The minimum absolute atomic E-state index is 0.208. The van der Waals surface area contributed by atoms with Crippen LogP contribution in [0.15, 0.2) is 57.9 Å². The predicted molar refractivity (Wildman–Crippen MR) is 89.1 cm³/mol. The van der Waals surface area contributed by atoms with Gasteiger partial charge in [0.1, 0.15) is 0 Å². The Labute approximate surface area is 138 Å². The molecule has 6 heteroatoms. The lowest BCUT2D eigenvalue weighted by Gasteiger charge is -2.14. The molecule has 0 saturated heterocycles. The molecule has 0 spiro atoms. The van der Waals surface area contributed by atoms with Crippen LogP contribution >= 0.6 is 27.5 Å². The summed E-state index contributed by atoms with van der Waals surface area (Å²) in [6.45, 7) is 1.84. The van der Waals surface area contributed by atoms with Crippen molar-refractivity contribution in [2.75, 3.05) is 0 Å². The quantitative estimate of drug-likeness (QED) is 0.841. The van der Waals surface area contributed by atoms with Gasteiger partial charge in [0.15, 0.2) is 0 Å². The van der Waals surface area contributed by atoms with Gasteiger partial charge < -0.3 is 0 Å². The fourth-order valence-corrected chi connectivity index (χ4v) is 3.60. The van der Waals surface area contributed by atoms with Gasteiger partial charge in [-0.15, -0.1) is 0 Å². The maximum absolute atomic E-state index is 12.3. The summed E-state index contributed by atoms with van der Waals surface area (Å²) in [4.78, 5) is 0.258. The van der Waals surface area contributed by atoms with E-state index in [1.807, 2.05) is 19.1 Å². The molecule has 0 aliphatic carbocycles. The van der Waals surface area contributed by atoms with Gasteiger partial charge in [0.2, 0.25) is 10.0 Å². The smallest absolute Gasteiger partial charge is 0.208 e. The second-order valence-electron chi connectivity index (χ2n) is 4.81. The van der Waals surface area contributed by atoms with E-state index in [9.17, 15) is 8.42 Å². The van der Waals surface area contributed by atoms with Gasteiger partial charge in [-0.1, -0.05) is 39.7 Å². The van der Waals surface area contributed by atoms with E-state index in [4.69, 9.17) is 11.6 Å². The van der Waals surface area contributed by atoms with Crippen molar-refractivity contribution in [3.8, 4) is 0 Å². The van der Waals surface area contributed by atoms with Gasteiger partial charge in [-0.3, -0.25) is 0 Å². The Morgan fingerprint density at radius 2 is 1.67 bits per heavy atom. The zero-order valence-corrected chi connectivity index (χ0v) is 14.5. The van der Waals surface area contributed by atoms with Gasteiger partial charge in [0.25, 0.3) is 0 Å². The Kier molecular flexibility index (Phi) is 5.43. The highest BCUT2D eigenvalue weighted by molar-refractivity contribution is 9.10. The third kappa shape index (κ3) is 4.81. The van der Waals surface area contributed by atoms with Crippen LogP contribution in [0.25, 0.3) is 0 Å². The van der Waals surface area contributed by atoms with Crippen molar-refractivity contribution < 1.29 is 8.42 Å². The highest BCUT2D eigenvalue weighted by Gasteiger charge is 2.17. The average molecular weight is 389 g/mol. The van der Waals surface area contributed by atoms with E-state index in [1.54, 1.807) is 36.4 Å². The molecule has 0 aromatic heterocycles. The molecule has 2 rings (SSSR count). The molecule has 2 aromatic carbocycles. The summed E-state index contributed by atoms with van der Waals surface area (Å²) in [6, 6.07) is 13.7. The van der Waals surface area contributed by atoms with Gasteiger partial charge in [0.05, 0.1) is 4.90 Å². The minimum atomic E-state index is -3.50. The van der Waals surface area contributed by atoms with Crippen LogP contribution < -0.4 is 4.72 Å². The number of halogens is 2. The first-order valence-corrected chi connectivity index (χ1v) is 9.04. The lowest BCUT2D eigenvalue weighted by molar-refractivity contribution is 0.560. The van der Waals surface area contributed by atoms with Crippen molar-refractivity contribution in [3.63, 3.8) is 0 Å². The number of hydrogen-bond donors (Lipinski definition) is 1. The first-order valence-electron chi connectivity index (χ1n) is 6.39. The third-order valence-corrected chi connectivity index (χ3v) is 5.32. The largest absolute Gasteiger partial charge is 0.240 e. The lowest BCUT2D eigenvalue weighted by Crippen LogP contribution is -2.34. The summed E-state index contributed by atoms with van der Waals surface area (Å²) in [7, 11) is -3.50. The van der Waals surface area contributed by atoms with Crippen LogP contribution in [-0.2, 0) is 16.4 Å². The minimum Gasteiger partial charge on any atom is -0.208 e. The Morgan fingerprint density at radius 3 is 2.24 bits per heavy atom. The van der Waals surface area contributed by atoms with Crippen molar-refractivity contribution in [1.82, 2.24) is 4.72 Å². The van der Waals surface area contributed by atoms with Gasteiger partial charge in [0, 0.05) is 15.5 Å². The molecule has 1 unspecified atom stereocenters. The molecule has 21 heavy (non-hydrogen) atoms. The maximum Gasteiger partial charge on any atom is 0.240 e. The second kappa shape index (κ2) is 6.92. The van der Waals surface area contributed by atoms with Crippen LogP contribution in [0, 0.1) is 0 Å². The molecule has 0 fully saturated rings. The maximum atomic E-state index is 12.3. The van der Waals surface area contributed by atoms with E-state index < -0.39 is 10.0 Å². The SMILES string of the molecule is CC(Cc1ccc(Cl)cc1)NS(=O)(=O)c1ccc(Br)cc1. The van der Waals surface area contributed by atoms with Gasteiger partial charge in [-0.2, -0.15) is 0 Å². The van der Waals surface area contributed by atoms with Crippen LogP contribution in [0.4, 0.5) is 0 Å². The molecule has 2 aromatic rings. The molecule has 0 aliphatic rings. The van der Waals surface area contributed by atoms with Crippen molar-refractivity contribution in [2.45, 2.75) is 24.3 Å². The Bertz CT molecular complexity index is 699. The molecule has 112 valence electrons. The molecule has 1 atom stereocenters. The van der Waals surface area contributed by atoms with Crippen molar-refractivity contribution in [1.29, 1.82) is 0 Å². The van der Waals surface area contributed by atoms with Gasteiger partial charge in [-0.05, 0) is 55.3 Å². The topological polar surface area (TPSA) is 46.2 Å². The zero-order chi connectivity index (χ0) is 15.5. The summed E-state index contributed by atoms with van der Waals surface area (Å²) >= 11 is 9.12. The monoisotopic (exact) mass is 387 g/mol. The zero-order valence-electron chi connectivity index (χ0n) is 11.4. The molecular weight excluding hydrogens is 374 g/mol. The molecule has 3 nitrogen and oxygen atoms in total. The molecule has 0 radical (unpaired) electrons. The lowest BCUT2D eigenvalue weighted by atomic mass is 10.1. The van der Waals surface area contributed by atoms with E-state index in [0.717, 1.165) is 10.0 Å². The first-order chi connectivity index (χ1) is 9.87. The summed E-state index contributed by atoms with van der Waals surface area (Å²) in [5.41, 5.74) is 1.03. The van der Waals surface area contributed by atoms with Gasteiger partial charge >= 0.3 is 0 Å².